The zero-order valence-electron chi connectivity index (χ0n) is 42.5. The minimum absolute atomic E-state index is 0.0268. The fourth-order valence-electron chi connectivity index (χ4n) is 12.0. The molecule has 0 saturated heterocycles. The molecule has 2 aliphatic heterocycles. The van der Waals surface area contributed by atoms with Crippen LogP contribution < -0.4 is 25.9 Å². The normalized spacial score (nSPS) is 13.5. The van der Waals surface area contributed by atoms with E-state index in [0.29, 0.717) is 0 Å². The molecule has 5 heterocycles. The van der Waals surface area contributed by atoms with Gasteiger partial charge in [-0.15, -0.1) is 0 Å². The predicted molar refractivity (Wildman–Crippen MR) is 303 cm³/mol. The second kappa shape index (κ2) is 14.8. The van der Waals surface area contributed by atoms with Crippen molar-refractivity contribution in [3.63, 3.8) is 0 Å². The van der Waals surface area contributed by atoms with E-state index < -0.39 is 0 Å². The predicted octanol–water partition coefficient (Wildman–Crippen LogP) is 15.6. The SMILES string of the molecule is CC(C)(C)c1ccc2c(c1)c1cc3c(cc1n2-c1ccccc1)Oc1c2c(cc4c5cc(C(C)(C)C)ccc5n(-c5ccccc5)c14)Oc1c(ccc4c5cc(C(C)(C)C)ccc5n(-c5ccccc5)c14)B32. The molecule has 350 valence electrons. The van der Waals surface area contributed by atoms with E-state index >= 15 is 0 Å². The number of nitrogens with zero attached hydrogens (tertiary/aromatic N) is 3. The van der Waals surface area contributed by atoms with Gasteiger partial charge >= 0.3 is 0 Å². The summed E-state index contributed by atoms with van der Waals surface area (Å²) in [5.74, 6) is 3.38. The van der Waals surface area contributed by atoms with Gasteiger partial charge in [-0.25, -0.2) is 0 Å². The van der Waals surface area contributed by atoms with E-state index in [1.165, 1.54) is 49.1 Å². The third-order valence-electron chi connectivity index (χ3n) is 15.8. The van der Waals surface area contributed by atoms with E-state index in [2.05, 4.69) is 252 Å². The van der Waals surface area contributed by atoms with Crippen LogP contribution in [0.1, 0.15) is 79.0 Å². The van der Waals surface area contributed by atoms with Crippen LogP contribution in [0, 0.1) is 0 Å². The van der Waals surface area contributed by atoms with Gasteiger partial charge in [0.1, 0.15) is 17.2 Å². The zero-order chi connectivity index (χ0) is 49.2. The topological polar surface area (TPSA) is 33.2 Å². The molecule has 5 nitrogen and oxygen atoms in total. The van der Waals surface area contributed by atoms with E-state index in [1.807, 2.05) is 0 Å². The maximum Gasteiger partial charge on any atom is 0.260 e. The molecule has 0 atom stereocenters. The summed E-state index contributed by atoms with van der Waals surface area (Å²) in [6.45, 7) is 20.5. The maximum absolute atomic E-state index is 7.67. The molecule has 0 fully saturated rings. The zero-order valence-corrected chi connectivity index (χ0v) is 42.5. The fraction of sp³-hybridized carbons (Fsp3) is 0.182. The van der Waals surface area contributed by atoms with Gasteiger partial charge in [-0.05, 0) is 123 Å². The Morgan fingerprint density at radius 3 is 1.28 bits per heavy atom. The number of hydrogen-bond acceptors (Lipinski definition) is 2. The summed E-state index contributed by atoms with van der Waals surface area (Å²) in [5.41, 5.74) is 17.0. The first-order valence-corrected chi connectivity index (χ1v) is 25.5. The second-order valence-electron chi connectivity index (χ2n) is 23.4. The van der Waals surface area contributed by atoms with Crippen LogP contribution in [0.4, 0.5) is 0 Å². The first-order chi connectivity index (χ1) is 34.6. The largest absolute Gasteiger partial charge is 0.456 e. The van der Waals surface area contributed by atoms with Crippen LogP contribution in [-0.2, 0) is 16.2 Å². The molecule has 0 unspecified atom stereocenters. The Kier molecular flexibility index (Phi) is 8.82. The summed E-state index contributed by atoms with van der Waals surface area (Å²) in [5, 5.41) is 7.07. The number of aromatic nitrogens is 3. The molecule has 3 aromatic heterocycles. The molecule has 14 rings (SSSR count). The van der Waals surface area contributed by atoms with Gasteiger partial charge in [-0.2, -0.15) is 0 Å². The first kappa shape index (κ1) is 42.9. The Morgan fingerprint density at radius 2 is 0.764 bits per heavy atom. The minimum Gasteiger partial charge on any atom is -0.456 e. The molecule has 0 amide bonds. The summed E-state index contributed by atoms with van der Waals surface area (Å²) in [7, 11) is 0. The molecular weight excluding hydrogens is 878 g/mol. The minimum atomic E-state index is -0.221. The van der Waals surface area contributed by atoms with E-state index in [0.717, 1.165) is 89.4 Å². The number of fused-ring (bicyclic) bond motifs is 15. The quantitative estimate of drug-likeness (QED) is 0.165. The van der Waals surface area contributed by atoms with Gasteiger partial charge in [0.25, 0.3) is 6.71 Å². The van der Waals surface area contributed by atoms with Gasteiger partial charge in [-0.1, -0.05) is 153 Å². The molecule has 72 heavy (non-hydrogen) atoms. The van der Waals surface area contributed by atoms with Crippen LogP contribution in [0.5, 0.6) is 23.0 Å². The van der Waals surface area contributed by atoms with Crippen LogP contribution in [0.3, 0.4) is 0 Å². The van der Waals surface area contributed by atoms with Crippen molar-refractivity contribution in [2.75, 3.05) is 0 Å². The summed E-state index contributed by atoms with van der Waals surface area (Å²) >= 11 is 0. The molecule has 0 aliphatic carbocycles. The van der Waals surface area contributed by atoms with Crippen molar-refractivity contribution < 1.29 is 9.47 Å². The summed E-state index contributed by atoms with van der Waals surface area (Å²) in [6, 6.07) is 65.2. The molecular formula is C66H56BN3O2. The number of para-hydroxylation sites is 3. The highest BCUT2D eigenvalue weighted by molar-refractivity contribution is 6.98. The molecule has 0 radical (unpaired) electrons. The van der Waals surface area contributed by atoms with Crippen molar-refractivity contribution in [1.29, 1.82) is 0 Å². The fourth-order valence-corrected chi connectivity index (χ4v) is 12.0. The van der Waals surface area contributed by atoms with Crippen LogP contribution >= 0.6 is 0 Å². The lowest BCUT2D eigenvalue weighted by atomic mass is 9.34. The van der Waals surface area contributed by atoms with Crippen LogP contribution in [0.25, 0.3) is 82.5 Å². The molecule has 6 heteroatoms. The summed E-state index contributed by atoms with van der Waals surface area (Å²) in [4.78, 5) is 0. The van der Waals surface area contributed by atoms with Crippen molar-refractivity contribution >= 4 is 88.5 Å². The standard InChI is InChI=1S/C66H56BN3O2/c1-64(2,3)39-26-31-54-46(33-39)45-28-29-51-62(60(45)69(54)43-21-15-11-16-22-43)72-58-37-50-48-35-41(66(7,8)9)27-32-55(48)70(44-23-17-12-18-24-44)61(50)63-59(58)67(51)52-36-49-47-34-40(65(4,5)6)25-30-53(47)68(42-19-13-10-14-20-42)56(49)38-57(52)71-63/h10-38H,1-9H3. The Hall–Kier alpha value is -7.96. The third kappa shape index (κ3) is 6.14. The Balaban J connectivity index is 1.15. The van der Waals surface area contributed by atoms with E-state index in [-0.39, 0.29) is 23.0 Å². The molecule has 0 saturated carbocycles. The summed E-state index contributed by atoms with van der Waals surface area (Å²) in [6.07, 6.45) is 0. The van der Waals surface area contributed by atoms with Gasteiger partial charge in [0.05, 0.1) is 33.1 Å². The smallest absolute Gasteiger partial charge is 0.260 e. The Labute approximate surface area is 420 Å². The molecule has 12 aromatic rings. The first-order valence-electron chi connectivity index (χ1n) is 25.5. The number of ether oxygens (including phenoxy) is 2. The van der Waals surface area contributed by atoms with Gasteiger partial charge in [0, 0.05) is 60.9 Å². The van der Waals surface area contributed by atoms with Gasteiger partial charge in [0.2, 0.25) is 0 Å². The number of rotatable bonds is 3. The van der Waals surface area contributed by atoms with Crippen molar-refractivity contribution in [2.45, 2.75) is 78.6 Å². The van der Waals surface area contributed by atoms with Crippen LogP contribution in [0.15, 0.2) is 176 Å². The lowest BCUT2D eigenvalue weighted by molar-refractivity contribution is 0.470. The van der Waals surface area contributed by atoms with Gasteiger partial charge in [0.15, 0.2) is 5.75 Å². The maximum atomic E-state index is 7.67. The highest BCUT2D eigenvalue weighted by atomic mass is 16.5. The van der Waals surface area contributed by atoms with Crippen molar-refractivity contribution in [3.05, 3.63) is 193 Å². The average molecular weight is 934 g/mol. The second-order valence-corrected chi connectivity index (χ2v) is 23.4. The lowest BCUT2D eigenvalue weighted by Crippen LogP contribution is -2.57. The Bertz CT molecular complexity index is 4250. The van der Waals surface area contributed by atoms with Crippen molar-refractivity contribution in [3.8, 4) is 40.1 Å². The summed E-state index contributed by atoms with van der Waals surface area (Å²) < 4.78 is 22.6. The number of hydrogen-bond donors (Lipinski definition) is 0. The molecule has 0 bridgehead atoms. The average Bonchev–Trinajstić information content (AvgIpc) is 4.01. The third-order valence-corrected chi connectivity index (χ3v) is 15.8. The van der Waals surface area contributed by atoms with Crippen LogP contribution in [-0.4, -0.2) is 20.4 Å². The molecule has 2 aliphatic rings. The molecule has 0 N–H and O–H groups in total. The van der Waals surface area contributed by atoms with Crippen molar-refractivity contribution in [1.82, 2.24) is 13.7 Å². The lowest BCUT2D eigenvalue weighted by Gasteiger charge is -2.34. The van der Waals surface area contributed by atoms with Gasteiger partial charge in [-0.3, -0.25) is 0 Å². The van der Waals surface area contributed by atoms with E-state index in [1.54, 1.807) is 0 Å². The molecule has 0 spiro atoms. The van der Waals surface area contributed by atoms with E-state index in [9.17, 15) is 0 Å². The highest BCUT2D eigenvalue weighted by Crippen LogP contribution is 2.49. The van der Waals surface area contributed by atoms with Crippen molar-refractivity contribution in [2.24, 2.45) is 0 Å². The van der Waals surface area contributed by atoms with Gasteiger partial charge < -0.3 is 23.2 Å². The highest BCUT2D eigenvalue weighted by Gasteiger charge is 2.44. The molecule has 9 aromatic carbocycles. The Morgan fingerprint density at radius 1 is 0.333 bits per heavy atom. The van der Waals surface area contributed by atoms with E-state index in [4.69, 9.17) is 9.47 Å². The monoisotopic (exact) mass is 933 g/mol. The number of benzene rings is 9. The van der Waals surface area contributed by atoms with Crippen LogP contribution in [0.2, 0.25) is 0 Å².